The number of nitrogens with zero attached hydrogens (tertiary/aromatic N) is 1. The van der Waals surface area contributed by atoms with E-state index in [0.29, 0.717) is 11.3 Å². The van der Waals surface area contributed by atoms with E-state index in [9.17, 15) is 4.79 Å². The number of rotatable bonds is 7. The second kappa shape index (κ2) is 7.56. The third-order valence-electron chi connectivity index (χ3n) is 2.42. The van der Waals surface area contributed by atoms with Crippen molar-refractivity contribution in [1.82, 2.24) is 4.90 Å². The smallest absolute Gasteiger partial charge is 0.187 e. The van der Waals surface area contributed by atoms with Gasteiger partial charge in [0.25, 0.3) is 0 Å². The van der Waals surface area contributed by atoms with Crippen LogP contribution in [-0.4, -0.2) is 39.0 Å². The number of carbonyl (C=O) groups is 1. The molecule has 0 radical (unpaired) electrons. The highest BCUT2D eigenvalue weighted by atomic mass is 17.2. The largest absolute Gasteiger partial charge is 0.496 e. The lowest BCUT2D eigenvalue weighted by atomic mass is 10.1. The van der Waals surface area contributed by atoms with Gasteiger partial charge in [-0.15, -0.1) is 0 Å². The maximum Gasteiger partial charge on any atom is 0.187 e. The van der Waals surface area contributed by atoms with E-state index in [1.807, 2.05) is 14.1 Å². The predicted molar refractivity (Wildman–Crippen MR) is 71.9 cm³/mol. The van der Waals surface area contributed by atoms with E-state index >= 15 is 0 Å². The Kier molecular flexibility index (Phi) is 6.05. The van der Waals surface area contributed by atoms with Gasteiger partial charge in [0.1, 0.15) is 12.4 Å². The topological polar surface area (TPSA) is 48.0 Å². The lowest BCUT2D eigenvalue weighted by Gasteiger charge is -2.09. The second-order valence-electron chi connectivity index (χ2n) is 4.10. The zero-order chi connectivity index (χ0) is 14.3. The second-order valence-corrected chi connectivity index (χ2v) is 4.10. The zero-order valence-electron chi connectivity index (χ0n) is 11.7. The normalized spacial score (nSPS) is 10.7. The summed E-state index contributed by atoms with van der Waals surface area (Å²) in [6, 6.07) is 5.20. The van der Waals surface area contributed by atoms with Gasteiger partial charge in [0.15, 0.2) is 5.78 Å². The maximum absolute atomic E-state index is 11.9. The van der Waals surface area contributed by atoms with Crippen molar-refractivity contribution in [3.8, 4) is 5.75 Å². The summed E-state index contributed by atoms with van der Waals surface area (Å²) in [5.74, 6) is 0.584. The van der Waals surface area contributed by atoms with Crippen molar-refractivity contribution in [2.75, 3.05) is 28.3 Å². The molecule has 0 N–H and O–H groups in total. The number of allylic oxidation sites excluding steroid dienone is 1. The molecular formula is C14H19NO4. The van der Waals surface area contributed by atoms with Crippen LogP contribution in [0.5, 0.6) is 5.75 Å². The molecule has 0 aliphatic heterocycles. The van der Waals surface area contributed by atoms with Gasteiger partial charge in [-0.3, -0.25) is 4.79 Å². The Bertz CT molecular complexity index is 455. The first-order chi connectivity index (χ1) is 9.08. The molecule has 5 nitrogen and oxygen atoms in total. The lowest BCUT2D eigenvalue weighted by molar-refractivity contribution is -0.282. The number of benzene rings is 1. The van der Waals surface area contributed by atoms with E-state index in [-0.39, 0.29) is 12.4 Å². The van der Waals surface area contributed by atoms with Crippen molar-refractivity contribution in [3.05, 3.63) is 41.6 Å². The maximum atomic E-state index is 11.9. The fourth-order valence-electron chi connectivity index (χ4n) is 1.48. The van der Waals surface area contributed by atoms with Gasteiger partial charge in [-0.1, -0.05) is 0 Å². The van der Waals surface area contributed by atoms with E-state index < -0.39 is 0 Å². The average molecular weight is 265 g/mol. The van der Waals surface area contributed by atoms with Gasteiger partial charge in [0, 0.05) is 37.5 Å². The van der Waals surface area contributed by atoms with Crippen LogP contribution in [0.3, 0.4) is 0 Å². The summed E-state index contributed by atoms with van der Waals surface area (Å²) in [5, 5.41) is 0. The third kappa shape index (κ3) is 4.73. The van der Waals surface area contributed by atoms with Gasteiger partial charge in [0.05, 0.1) is 14.2 Å². The lowest BCUT2D eigenvalue weighted by Crippen LogP contribution is -2.04. The van der Waals surface area contributed by atoms with Gasteiger partial charge in [-0.05, 0) is 18.2 Å². The highest BCUT2D eigenvalue weighted by molar-refractivity contribution is 6.04. The summed E-state index contributed by atoms with van der Waals surface area (Å²) in [4.78, 5) is 23.2. The van der Waals surface area contributed by atoms with Crippen LogP contribution in [0.25, 0.3) is 0 Å². The van der Waals surface area contributed by atoms with Gasteiger partial charge in [0.2, 0.25) is 0 Å². The number of ether oxygens (including phenoxy) is 1. The molecule has 1 rings (SSSR count). The third-order valence-corrected chi connectivity index (χ3v) is 2.42. The van der Waals surface area contributed by atoms with E-state index in [0.717, 1.165) is 5.56 Å². The zero-order valence-corrected chi connectivity index (χ0v) is 11.7. The summed E-state index contributed by atoms with van der Waals surface area (Å²) < 4.78 is 5.20. The first-order valence-electron chi connectivity index (χ1n) is 5.80. The molecule has 0 bridgehead atoms. The summed E-state index contributed by atoms with van der Waals surface area (Å²) in [5.41, 5.74) is 1.34. The fraction of sp³-hybridized carbons (Fsp3) is 0.357. The molecule has 0 atom stereocenters. The Balaban J connectivity index is 2.93. The minimum absolute atomic E-state index is 0.0741. The standard InChI is InChI=1S/C14H19NO4/c1-15(2)8-7-13(16)11-5-6-14(17-3)12(9-11)10-19-18-4/h5-9H,10H2,1-4H3/b8-7+. The number of ketones is 1. The molecule has 0 fully saturated rings. The van der Waals surface area contributed by atoms with E-state index in [1.165, 1.54) is 13.2 Å². The monoisotopic (exact) mass is 265 g/mol. The van der Waals surface area contributed by atoms with Gasteiger partial charge < -0.3 is 9.64 Å². The molecule has 0 saturated heterocycles. The van der Waals surface area contributed by atoms with Crippen LogP contribution >= 0.6 is 0 Å². The molecule has 1 aromatic rings. The molecule has 0 spiro atoms. The van der Waals surface area contributed by atoms with E-state index in [4.69, 9.17) is 9.62 Å². The van der Waals surface area contributed by atoms with Crippen LogP contribution < -0.4 is 4.74 Å². The number of carbonyl (C=O) groups excluding carboxylic acids is 1. The number of methoxy groups -OCH3 is 1. The highest BCUT2D eigenvalue weighted by Gasteiger charge is 2.09. The van der Waals surface area contributed by atoms with Crippen LogP contribution in [0.4, 0.5) is 0 Å². The minimum Gasteiger partial charge on any atom is -0.496 e. The molecule has 5 heteroatoms. The Morgan fingerprint density at radius 1 is 1.32 bits per heavy atom. The molecule has 0 amide bonds. The van der Waals surface area contributed by atoms with E-state index in [2.05, 4.69) is 4.89 Å². The minimum atomic E-state index is -0.0741. The number of hydrogen-bond donors (Lipinski definition) is 0. The molecule has 0 saturated carbocycles. The van der Waals surface area contributed by atoms with Crippen molar-refractivity contribution < 1.29 is 19.3 Å². The van der Waals surface area contributed by atoms with Crippen molar-refractivity contribution >= 4 is 5.78 Å². The summed E-state index contributed by atoms with van der Waals surface area (Å²) in [7, 11) is 6.71. The van der Waals surface area contributed by atoms with Crippen LogP contribution in [-0.2, 0) is 16.4 Å². The van der Waals surface area contributed by atoms with Crippen molar-refractivity contribution in [2.24, 2.45) is 0 Å². The molecule has 0 aliphatic carbocycles. The van der Waals surface area contributed by atoms with Crippen molar-refractivity contribution in [2.45, 2.75) is 6.61 Å². The first-order valence-corrected chi connectivity index (χ1v) is 5.80. The summed E-state index contributed by atoms with van der Waals surface area (Å²) in [6.45, 7) is 0.220. The Labute approximate surface area is 113 Å². The van der Waals surface area contributed by atoms with E-state index in [1.54, 1.807) is 36.4 Å². The quantitative estimate of drug-likeness (QED) is 0.327. The molecule has 0 heterocycles. The Morgan fingerprint density at radius 3 is 2.63 bits per heavy atom. The molecule has 0 unspecified atom stereocenters. The van der Waals surface area contributed by atoms with Gasteiger partial charge >= 0.3 is 0 Å². The molecule has 104 valence electrons. The Hall–Kier alpha value is -1.85. The van der Waals surface area contributed by atoms with Crippen LogP contribution in [0.1, 0.15) is 15.9 Å². The molecular weight excluding hydrogens is 246 g/mol. The summed E-state index contributed by atoms with van der Waals surface area (Å²) in [6.07, 6.45) is 3.22. The van der Waals surface area contributed by atoms with Crippen LogP contribution in [0.2, 0.25) is 0 Å². The van der Waals surface area contributed by atoms with Gasteiger partial charge in [-0.2, -0.15) is 0 Å². The predicted octanol–water partition coefficient (Wildman–Crippen LogP) is 2.03. The average Bonchev–Trinajstić information content (AvgIpc) is 2.42. The fourth-order valence-corrected chi connectivity index (χ4v) is 1.48. The molecule has 19 heavy (non-hydrogen) atoms. The summed E-state index contributed by atoms with van der Waals surface area (Å²) >= 11 is 0. The SMILES string of the molecule is COOCc1cc(C(=O)/C=C/N(C)C)ccc1OC. The number of hydrogen-bond acceptors (Lipinski definition) is 5. The molecule has 0 aromatic heterocycles. The first kappa shape index (κ1) is 15.2. The molecule has 0 aliphatic rings. The van der Waals surface area contributed by atoms with Crippen LogP contribution in [0.15, 0.2) is 30.5 Å². The van der Waals surface area contributed by atoms with Crippen LogP contribution in [0, 0.1) is 0 Å². The highest BCUT2D eigenvalue weighted by Crippen LogP contribution is 2.21. The Morgan fingerprint density at radius 2 is 2.05 bits per heavy atom. The van der Waals surface area contributed by atoms with Crippen molar-refractivity contribution in [1.29, 1.82) is 0 Å². The van der Waals surface area contributed by atoms with Gasteiger partial charge in [-0.25, -0.2) is 9.78 Å². The molecule has 1 aromatic carbocycles. The van der Waals surface area contributed by atoms with Crippen molar-refractivity contribution in [3.63, 3.8) is 0 Å².